The van der Waals surface area contributed by atoms with Crippen molar-refractivity contribution in [3.05, 3.63) is 27.7 Å². The van der Waals surface area contributed by atoms with E-state index in [4.69, 9.17) is 11.0 Å². The summed E-state index contributed by atoms with van der Waals surface area (Å²) in [6.07, 6.45) is 0. The average molecular weight is 278 g/mol. The van der Waals surface area contributed by atoms with Gasteiger partial charge in [0.1, 0.15) is 5.75 Å². The Hall–Kier alpha value is -0.760. The summed E-state index contributed by atoms with van der Waals surface area (Å²) in [4.78, 5) is 0. The van der Waals surface area contributed by atoms with Crippen LogP contribution in [0.25, 0.3) is 0 Å². The first kappa shape index (κ1) is 13.2. The number of phenolic OH excluding ortho intramolecular Hbond substituents is 1. The molecule has 1 rings (SSSR count). The Bertz CT molecular complexity index is 374. The minimum absolute atomic E-state index is 0. The second-order valence-electron chi connectivity index (χ2n) is 2.80. The monoisotopic (exact) mass is 276 g/mol. The van der Waals surface area contributed by atoms with Gasteiger partial charge in [-0.3, -0.25) is 0 Å². The van der Waals surface area contributed by atoms with Gasteiger partial charge in [-0.25, -0.2) is 0 Å². The lowest BCUT2D eigenvalue weighted by atomic mass is 10.1. The Morgan fingerprint density at radius 3 is 2.57 bits per heavy atom. The van der Waals surface area contributed by atoms with E-state index in [9.17, 15) is 5.11 Å². The molecule has 3 N–H and O–H groups in total. The molecule has 0 aromatic heterocycles. The number of halogens is 2. The number of nitrogens with zero attached hydrogens (tertiary/aromatic N) is 1. The van der Waals surface area contributed by atoms with Crippen molar-refractivity contribution in [1.82, 2.24) is 0 Å². The number of hydrogen-bond acceptors (Lipinski definition) is 3. The van der Waals surface area contributed by atoms with Gasteiger partial charge in [0.2, 0.25) is 0 Å². The van der Waals surface area contributed by atoms with Crippen molar-refractivity contribution >= 4 is 28.3 Å². The predicted octanol–water partition coefficient (Wildman–Crippen LogP) is 2.47. The van der Waals surface area contributed by atoms with E-state index in [1.807, 2.05) is 6.07 Å². The van der Waals surface area contributed by atoms with E-state index in [0.717, 1.165) is 0 Å². The molecule has 3 nitrogen and oxygen atoms in total. The zero-order valence-electron chi connectivity index (χ0n) is 7.49. The molecule has 0 amide bonds. The topological polar surface area (TPSA) is 70.0 Å². The average Bonchev–Trinajstić information content (AvgIpc) is 2.09. The summed E-state index contributed by atoms with van der Waals surface area (Å²) in [5.74, 6) is 0.106. The molecule has 14 heavy (non-hydrogen) atoms. The van der Waals surface area contributed by atoms with Crippen LogP contribution in [-0.2, 0) is 0 Å². The van der Waals surface area contributed by atoms with Crippen molar-refractivity contribution in [2.24, 2.45) is 5.73 Å². The van der Waals surface area contributed by atoms with Crippen LogP contribution in [0, 0.1) is 11.3 Å². The fourth-order valence-corrected chi connectivity index (χ4v) is 1.51. The quantitative estimate of drug-likeness (QED) is 0.828. The fraction of sp³-hybridized carbons (Fsp3) is 0.222. The van der Waals surface area contributed by atoms with E-state index >= 15 is 0 Å². The van der Waals surface area contributed by atoms with Crippen molar-refractivity contribution in [2.75, 3.05) is 0 Å². The largest absolute Gasteiger partial charge is 0.506 e. The molecule has 1 aromatic carbocycles. The molecule has 0 fully saturated rings. The van der Waals surface area contributed by atoms with Gasteiger partial charge in [-0.05, 0) is 35.0 Å². The number of nitrogens with two attached hydrogens (primary N) is 1. The van der Waals surface area contributed by atoms with Crippen LogP contribution in [0.1, 0.15) is 24.1 Å². The van der Waals surface area contributed by atoms with Crippen LogP contribution in [-0.4, -0.2) is 5.11 Å². The third-order valence-corrected chi connectivity index (χ3v) is 2.32. The first-order valence-electron chi connectivity index (χ1n) is 3.74. The summed E-state index contributed by atoms with van der Waals surface area (Å²) < 4.78 is 0.499. The Balaban J connectivity index is 0.00000169. The van der Waals surface area contributed by atoms with Gasteiger partial charge >= 0.3 is 0 Å². The van der Waals surface area contributed by atoms with Gasteiger partial charge in [0.15, 0.2) is 0 Å². The molecule has 0 aliphatic rings. The van der Waals surface area contributed by atoms with Crippen molar-refractivity contribution in [1.29, 1.82) is 5.26 Å². The smallest absolute Gasteiger partial charge is 0.134 e. The van der Waals surface area contributed by atoms with Crippen LogP contribution in [0.4, 0.5) is 0 Å². The molecule has 0 radical (unpaired) electrons. The SMILES string of the molecule is C[C@H](N)c1cc(C#N)cc(Br)c1O.Cl. The number of nitriles is 1. The Kier molecular flexibility index (Phi) is 4.92. The predicted molar refractivity (Wildman–Crippen MR) is 60.4 cm³/mol. The Labute approximate surface area is 97.1 Å². The number of benzene rings is 1. The van der Waals surface area contributed by atoms with Gasteiger partial charge in [0.05, 0.1) is 16.1 Å². The van der Waals surface area contributed by atoms with Gasteiger partial charge in [0.25, 0.3) is 0 Å². The van der Waals surface area contributed by atoms with Crippen molar-refractivity contribution in [3.63, 3.8) is 0 Å². The normalized spacial score (nSPS) is 11.3. The van der Waals surface area contributed by atoms with E-state index in [2.05, 4.69) is 15.9 Å². The molecule has 1 aromatic rings. The summed E-state index contributed by atoms with van der Waals surface area (Å²) >= 11 is 3.15. The molecule has 0 aliphatic carbocycles. The lowest BCUT2D eigenvalue weighted by Crippen LogP contribution is -2.05. The van der Waals surface area contributed by atoms with Gasteiger partial charge in [-0.15, -0.1) is 12.4 Å². The maximum Gasteiger partial charge on any atom is 0.134 e. The number of rotatable bonds is 1. The number of aromatic hydroxyl groups is 1. The van der Waals surface area contributed by atoms with Crippen molar-refractivity contribution in [3.8, 4) is 11.8 Å². The highest BCUT2D eigenvalue weighted by Crippen LogP contribution is 2.32. The van der Waals surface area contributed by atoms with Crippen LogP contribution in [0.3, 0.4) is 0 Å². The fourth-order valence-electron chi connectivity index (χ4n) is 1.03. The minimum atomic E-state index is -0.287. The molecule has 0 spiro atoms. The highest BCUT2D eigenvalue weighted by Gasteiger charge is 2.10. The molecule has 5 heteroatoms. The molecular formula is C9H10BrClN2O. The van der Waals surface area contributed by atoms with Crippen molar-refractivity contribution < 1.29 is 5.11 Å². The summed E-state index contributed by atoms with van der Waals surface area (Å²) in [7, 11) is 0. The van der Waals surface area contributed by atoms with Crippen LogP contribution >= 0.6 is 28.3 Å². The molecular weight excluding hydrogens is 267 g/mol. The molecule has 0 heterocycles. The number of phenols is 1. The van der Waals surface area contributed by atoms with Gasteiger partial charge in [-0.2, -0.15) is 5.26 Å². The third kappa shape index (κ3) is 2.61. The van der Waals surface area contributed by atoms with Crippen molar-refractivity contribution in [2.45, 2.75) is 13.0 Å². The van der Waals surface area contributed by atoms with Gasteiger partial charge < -0.3 is 10.8 Å². The summed E-state index contributed by atoms with van der Waals surface area (Å²) in [6, 6.07) is 4.85. The van der Waals surface area contributed by atoms with E-state index in [1.54, 1.807) is 19.1 Å². The standard InChI is InChI=1S/C9H9BrN2O.ClH/c1-5(12)7-2-6(4-11)3-8(10)9(7)13;/h2-3,5,13H,12H2,1H3;1H/t5-;/m0./s1. The first-order valence-corrected chi connectivity index (χ1v) is 4.53. The lowest BCUT2D eigenvalue weighted by Gasteiger charge is -2.09. The molecule has 0 saturated carbocycles. The maximum absolute atomic E-state index is 9.55. The van der Waals surface area contributed by atoms with E-state index in [1.165, 1.54) is 0 Å². The van der Waals surface area contributed by atoms with E-state index in [0.29, 0.717) is 15.6 Å². The second kappa shape index (κ2) is 5.20. The van der Waals surface area contributed by atoms with Gasteiger partial charge in [-0.1, -0.05) is 0 Å². The molecule has 76 valence electrons. The third-order valence-electron chi connectivity index (χ3n) is 1.71. The molecule has 0 bridgehead atoms. The maximum atomic E-state index is 9.55. The highest BCUT2D eigenvalue weighted by molar-refractivity contribution is 9.10. The summed E-state index contributed by atoms with van der Waals surface area (Å²) in [6.45, 7) is 1.75. The van der Waals surface area contributed by atoms with E-state index in [-0.39, 0.29) is 24.2 Å². The second-order valence-corrected chi connectivity index (χ2v) is 3.65. The lowest BCUT2D eigenvalue weighted by molar-refractivity contribution is 0.460. The van der Waals surface area contributed by atoms with Gasteiger partial charge in [0, 0.05) is 11.6 Å². The van der Waals surface area contributed by atoms with Crippen LogP contribution in [0.15, 0.2) is 16.6 Å². The molecule has 0 aliphatic heterocycles. The summed E-state index contributed by atoms with van der Waals surface area (Å²) in [5.41, 5.74) is 6.68. The Morgan fingerprint density at radius 1 is 1.57 bits per heavy atom. The Morgan fingerprint density at radius 2 is 2.14 bits per heavy atom. The zero-order valence-corrected chi connectivity index (χ0v) is 9.89. The van der Waals surface area contributed by atoms with Crippen LogP contribution in [0.2, 0.25) is 0 Å². The molecule has 0 unspecified atom stereocenters. The van der Waals surface area contributed by atoms with Crippen LogP contribution < -0.4 is 5.73 Å². The molecule has 0 saturated heterocycles. The minimum Gasteiger partial charge on any atom is -0.506 e. The summed E-state index contributed by atoms with van der Waals surface area (Å²) in [5, 5.41) is 18.2. The first-order chi connectivity index (χ1) is 6.06. The highest BCUT2D eigenvalue weighted by atomic mass is 79.9. The zero-order chi connectivity index (χ0) is 10.0. The van der Waals surface area contributed by atoms with E-state index < -0.39 is 0 Å². The molecule has 1 atom stereocenters. The number of hydrogen-bond donors (Lipinski definition) is 2. The van der Waals surface area contributed by atoms with Crippen LogP contribution in [0.5, 0.6) is 5.75 Å².